The molecule has 0 saturated carbocycles. The number of rotatable bonds is 3. The summed E-state index contributed by atoms with van der Waals surface area (Å²) in [4.78, 5) is 2.41. The largest absolute Gasteiger partial charge is 0.394 e. The van der Waals surface area contributed by atoms with E-state index in [-0.39, 0.29) is 12.6 Å². The van der Waals surface area contributed by atoms with Gasteiger partial charge < -0.3 is 5.11 Å². The van der Waals surface area contributed by atoms with E-state index in [0.29, 0.717) is 0 Å². The minimum atomic E-state index is 0.195. The molecule has 0 bridgehead atoms. The summed E-state index contributed by atoms with van der Waals surface area (Å²) in [7, 11) is 0. The maximum atomic E-state index is 9.56. The number of benzene rings is 1. The van der Waals surface area contributed by atoms with Gasteiger partial charge in [-0.25, -0.2) is 0 Å². The van der Waals surface area contributed by atoms with E-state index < -0.39 is 0 Å². The molecule has 0 aliphatic carbocycles. The molecule has 1 N–H and O–H groups in total. The van der Waals surface area contributed by atoms with Crippen LogP contribution in [-0.2, 0) is 0 Å². The van der Waals surface area contributed by atoms with Gasteiger partial charge in [-0.15, -0.1) is 0 Å². The lowest BCUT2D eigenvalue weighted by Gasteiger charge is -2.33. The van der Waals surface area contributed by atoms with Gasteiger partial charge in [0.1, 0.15) is 0 Å². The quantitative estimate of drug-likeness (QED) is 0.844. The molecular weight excluding hydrogens is 198 g/mol. The summed E-state index contributed by atoms with van der Waals surface area (Å²) in [5.41, 5.74) is 2.52. The standard InChI is InChI=1S/C14H21NO/c1-12-5-7-13(8-6-12)14(11-16)15-9-3-2-4-10-15/h5-8,14,16H,2-4,9-11H2,1H3/t14-/m1/s1. The molecule has 1 aliphatic rings. The van der Waals surface area contributed by atoms with E-state index in [0.717, 1.165) is 13.1 Å². The molecule has 0 unspecified atom stereocenters. The number of aliphatic hydroxyl groups is 1. The van der Waals surface area contributed by atoms with Crippen LogP contribution in [0.5, 0.6) is 0 Å². The Morgan fingerprint density at radius 3 is 2.31 bits per heavy atom. The molecule has 2 heteroatoms. The summed E-state index contributed by atoms with van der Waals surface area (Å²) in [5.74, 6) is 0. The van der Waals surface area contributed by atoms with Crippen molar-refractivity contribution >= 4 is 0 Å². The van der Waals surface area contributed by atoms with Crippen molar-refractivity contribution in [2.75, 3.05) is 19.7 Å². The monoisotopic (exact) mass is 219 g/mol. The van der Waals surface area contributed by atoms with E-state index in [1.54, 1.807) is 0 Å². The Bertz CT molecular complexity index is 314. The van der Waals surface area contributed by atoms with Crippen LogP contribution in [0.25, 0.3) is 0 Å². The van der Waals surface area contributed by atoms with Crippen LogP contribution in [0.15, 0.2) is 24.3 Å². The molecule has 1 aromatic carbocycles. The van der Waals surface area contributed by atoms with Gasteiger partial charge in [-0.1, -0.05) is 36.2 Å². The number of hydrogen-bond donors (Lipinski definition) is 1. The van der Waals surface area contributed by atoms with Gasteiger partial charge in [-0.3, -0.25) is 4.90 Å². The second-order valence-corrected chi connectivity index (χ2v) is 4.71. The summed E-state index contributed by atoms with van der Waals surface area (Å²) in [6, 6.07) is 8.74. The first-order chi connectivity index (χ1) is 7.81. The van der Waals surface area contributed by atoms with E-state index in [4.69, 9.17) is 0 Å². The average Bonchev–Trinajstić information content (AvgIpc) is 2.34. The Hall–Kier alpha value is -0.860. The fourth-order valence-electron chi connectivity index (χ4n) is 2.45. The summed E-state index contributed by atoms with van der Waals surface area (Å²) >= 11 is 0. The molecule has 88 valence electrons. The van der Waals surface area contributed by atoms with Crippen molar-refractivity contribution in [3.05, 3.63) is 35.4 Å². The van der Waals surface area contributed by atoms with Crippen LogP contribution in [-0.4, -0.2) is 29.7 Å². The number of hydrogen-bond acceptors (Lipinski definition) is 2. The summed E-state index contributed by atoms with van der Waals surface area (Å²) in [5, 5.41) is 9.56. The van der Waals surface area contributed by atoms with Crippen LogP contribution < -0.4 is 0 Å². The predicted octanol–water partition coefficient (Wildman–Crippen LogP) is 2.51. The maximum absolute atomic E-state index is 9.56. The highest BCUT2D eigenvalue weighted by atomic mass is 16.3. The Kier molecular flexibility index (Phi) is 3.97. The van der Waals surface area contributed by atoms with Crippen LogP contribution in [0, 0.1) is 6.92 Å². The molecule has 1 aromatic rings. The van der Waals surface area contributed by atoms with Crippen molar-refractivity contribution < 1.29 is 5.11 Å². The molecule has 1 fully saturated rings. The zero-order chi connectivity index (χ0) is 11.4. The molecule has 0 radical (unpaired) electrons. The summed E-state index contributed by atoms with van der Waals surface area (Å²) in [6.45, 7) is 4.57. The number of aliphatic hydroxyl groups excluding tert-OH is 1. The van der Waals surface area contributed by atoms with E-state index in [1.165, 1.54) is 30.4 Å². The minimum Gasteiger partial charge on any atom is -0.394 e. The third kappa shape index (κ3) is 2.63. The lowest BCUT2D eigenvalue weighted by Crippen LogP contribution is -2.35. The van der Waals surface area contributed by atoms with E-state index in [1.807, 2.05) is 0 Å². The number of nitrogens with zero attached hydrogens (tertiary/aromatic N) is 1. The first-order valence-electron chi connectivity index (χ1n) is 6.23. The Balaban J connectivity index is 2.11. The third-order valence-electron chi connectivity index (χ3n) is 3.47. The van der Waals surface area contributed by atoms with E-state index >= 15 is 0 Å². The summed E-state index contributed by atoms with van der Waals surface area (Å²) < 4.78 is 0. The maximum Gasteiger partial charge on any atom is 0.0628 e. The average molecular weight is 219 g/mol. The van der Waals surface area contributed by atoms with Gasteiger partial charge in [-0.05, 0) is 38.4 Å². The molecule has 1 aliphatic heterocycles. The van der Waals surface area contributed by atoms with E-state index in [9.17, 15) is 5.11 Å². The molecule has 1 saturated heterocycles. The fraction of sp³-hybridized carbons (Fsp3) is 0.571. The molecule has 0 aromatic heterocycles. The zero-order valence-electron chi connectivity index (χ0n) is 10.0. The number of likely N-dealkylation sites (tertiary alicyclic amines) is 1. The van der Waals surface area contributed by atoms with Crippen LogP contribution >= 0.6 is 0 Å². The highest BCUT2D eigenvalue weighted by Gasteiger charge is 2.21. The molecule has 2 nitrogen and oxygen atoms in total. The summed E-state index contributed by atoms with van der Waals surface area (Å²) in [6.07, 6.45) is 3.87. The van der Waals surface area contributed by atoms with Crippen molar-refractivity contribution in [3.63, 3.8) is 0 Å². The SMILES string of the molecule is Cc1ccc([C@@H](CO)N2CCCCC2)cc1. The molecule has 16 heavy (non-hydrogen) atoms. The topological polar surface area (TPSA) is 23.5 Å². The van der Waals surface area contributed by atoms with Gasteiger partial charge in [0.15, 0.2) is 0 Å². The van der Waals surface area contributed by atoms with Crippen LogP contribution in [0.4, 0.5) is 0 Å². The number of aryl methyl sites for hydroxylation is 1. The molecule has 1 atom stereocenters. The Labute approximate surface area is 97.9 Å². The lowest BCUT2D eigenvalue weighted by atomic mass is 10.0. The molecule has 0 spiro atoms. The van der Waals surface area contributed by atoms with E-state index in [2.05, 4.69) is 36.1 Å². The zero-order valence-corrected chi connectivity index (χ0v) is 10.0. The van der Waals surface area contributed by atoms with Crippen molar-refractivity contribution in [2.45, 2.75) is 32.2 Å². The normalized spacial score (nSPS) is 19.6. The van der Waals surface area contributed by atoms with Gasteiger partial charge in [0.25, 0.3) is 0 Å². The fourth-order valence-corrected chi connectivity index (χ4v) is 2.45. The van der Waals surface area contributed by atoms with Crippen LogP contribution in [0.1, 0.15) is 36.4 Å². The van der Waals surface area contributed by atoms with Gasteiger partial charge in [0.05, 0.1) is 12.6 Å². The Morgan fingerprint density at radius 2 is 1.75 bits per heavy atom. The van der Waals surface area contributed by atoms with Crippen molar-refractivity contribution in [3.8, 4) is 0 Å². The van der Waals surface area contributed by atoms with Crippen LogP contribution in [0.2, 0.25) is 0 Å². The first kappa shape index (κ1) is 11.6. The predicted molar refractivity (Wildman–Crippen MR) is 66.4 cm³/mol. The van der Waals surface area contributed by atoms with Crippen molar-refractivity contribution in [1.82, 2.24) is 4.90 Å². The van der Waals surface area contributed by atoms with Gasteiger partial charge in [0, 0.05) is 0 Å². The highest BCUT2D eigenvalue weighted by molar-refractivity contribution is 5.24. The van der Waals surface area contributed by atoms with Gasteiger partial charge in [-0.2, -0.15) is 0 Å². The smallest absolute Gasteiger partial charge is 0.0628 e. The third-order valence-corrected chi connectivity index (χ3v) is 3.47. The molecular formula is C14H21NO. The second-order valence-electron chi connectivity index (χ2n) is 4.71. The number of piperidine rings is 1. The second kappa shape index (κ2) is 5.46. The first-order valence-corrected chi connectivity index (χ1v) is 6.23. The lowest BCUT2D eigenvalue weighted by molar-refractivity contribution is 0.104. The van der Waals surface area contributed by atoms with Gasteiger partial charge in [0.2, 0.25) is 0 Å². The molecule has 1 heterocycles. The van der Waals surface area contributed by atoms with Crippen LogP contribution in [0.3, 0.4) is 0 Å². The van der Waals surface area contributed by atoms with Crippen molar-refractivity contribution in [2.24, 2.45) is 0 Å². The van der Waals surface area contributed by atoms with Gasteiger partial charge >= 0.3 is 0 Å². The minimum absolute atomic E-state index is 0.195. The Morgan fingerprint density at radius 1 is 1.12 bits per heavy atom. The van der Waals surface area contributed by atoms with Crippen molar-refractivity contribution in [1.29, 1.82) is 0 Å². The molecule has 2 rings (SSSR count). The highest BCUT2D eigenvalue weighted by Crippen LogP contribution is 2.24. The molecule has 0 amide bonds.